The summed E-state index contributed by atoms with van der Waals surface area (Å²) in [7, 11) is 0. The maximum absolute atomic E-state index is 12.1. The van der Waals surface area contributed by atoms with Gasteiger partial charge in [0.25, 0.3) is 11.6 Å². The molecule has 1 aliphatic rings. The number of aromatic nitrogens is 2. The number of nitro benzene ring substituents is 1. The molecular weight excluding hydrogens is 316 g/mol. The third-order valence-corrected chi connectivity index (χ3v) is 4.06. The molecule has 9 heteroatoms. The van der Waals surface area contributed by atoms with E-state index in [1.807, 2.05) is 0 Å². The molecule has 1 aromatic carbocycles. The third kappa shape index (κ3) is 2.96. The Morgan fingerprint density at radius 2 is 2.00 bits per heavy atom. The van der Waals surface area contributed by atoms with E-state index in [0.717, 1.165) is 0 Å². The Bertz CT molecular complexity index is 808. The van der Waals surface area contributed by atoms with E-state index in [1.165, 1.54) is 41.3 Å². The monoisotopic (exact) mass is 330 g/mol. The van der Waals surface area contributed by atoms with Gasteiger partial charge < -0.3 is 10.4 Å². The number of carbonyl (C=O) groups excluding carboxylic acids is 1. The minimum atomic E-state index is -0.899. The van der Waals surface area contributed by atoms with E-state index in [1.54, 1.807) is 0 Å². The molecule has 1 saturated carbocycles. The van der Waals surface area contributed by atoms with Gasteiger partial charge >= 0.3 is 5.97 Å². The van der Waals surface area contributed by atoms with E-state index in [2.05, 4.69) is 10.4 Å². The first-order valence-electron chi connectivity index (χ1n) is 7.22. The SMILES string of the molecule is O=C(NCC1(C(=O)O)CC1)c1cnn(-c2ccc([N+](=O)[O-])cc2)c1. The van der Waals surface area contributed by atoms with Crippen LogP contribution in [0.2, 0.25) is 0 Å². The summed E-state index contributed by atoms with van der Waals surface area (Å²) in [5.41, 5.74) is -0.00466. The summed E-state index contributed by atoms with van der Waals surface area (Å²) >= 11 is 0. The normalized spacial score (nSPS) is 14.8. The predicted octanol–water partition coefficient (Wildman–Crippen LogP) is 1.38. The van der Waals surface area contributed by atoms with Crippen molar-refractivity contribution in [1.82, 2.24) is 15.1 Å². The molecule has 2 aromatic rings. The van der Waals surface area contributed by atoms with Crippen LogP contribution < -0.4 is 5.32 Å². The Morgan fingerprint density at radius 1 is 1.33 bits per heavy atom. The molecule has 0 atom stereocenters. The zero-order chi connectivity index (χ0) is 17.3. The summed E-state index contributed by atoms with van der Waals surface area (Å²) in [5.74, 6) is -1.31. The van der Waals surface area contributed by atoms with Crippen LogP contribution in [0.4, 0.5) is 5.69 Å². The fourth-order valence-electron chi connectivity index (χ4n) is 2.28. The molecule has 9 nitrogen and oxygen atoms in total. The highest BCUT2D eigenvalue weighted by Gasteiger charge is 2.50. The second-order valence-corrected chi connectivity index (χ2v) is 5.72. The number of nitrogens with zero attached hydrogens (tertiary/aromatic N) is 3. The second-order valence-electron chi connectivity index (χ2n) is 5.72. The van der Waals surface area contributed by atoms with Crippen LogP contribution in [0.1, 0.15) is 23.2 Å². The fourth-order valence-corrected chi connectivity index (χ4v) is 2.28. The molecule has 0 aliphatic heterocycles. The molecule has 24 heavy (non-hydrogen) atoms. The van der Waals surface area contributed by atoms with Crippen LogP contribution in [-0.4, -0.2) is 38.2 Å². The molecule has 1 heterocycles. The zero-order valence-corrected chi connectivity index (χ0v) is 12.5. The molecule has 1 amide bonds. The van der Waals surface area contributed by atoms with Crippen molar-refractivity contribution in [3.05, 3.63) is 52.3 Å². The molecule has 1 fully saturated rings. The van der Waals surface area contributed by atoms with E-state index >= 15 is 0 Å². The molecule has 2 N–H and O–H groups in total. The number of carboxylic acids is 1. The van der Waals surface area contributed by atoms with Crippen LogP contribution in [0.3, 0.4) is 0 Å². The van der Waals surface area contributed by atoms with Crippen LogP contribution in [0.5, 0.6) is 0 Å². The van der Waals surface area contributed by atoms with Gasteiger partial charge in [-0.15, -0.1) is 0 Å². The molecule has 0 bridgehead atoms. The maximum Gasteiger partial charge on any atom is 0.311 e. The molecule has 3 rings (SSSR count). The molecule has 0 spiro atoms. The lowest BCUT2D eigenvalue weighted by Gasteiger charge is -2.10. The molecule has 0 saturated heterocycles. The summed E-state index contributed by atoms with van der Waals surface area (Å²) in [6, 6.07) is 5.74. The van der Waals surface area contributed by atoms with E-state index in [9.17, 15) is 19.7 Å². The first-order valence-corrected chi connectivity index (χ1v) is 7.22. The van der Waals surface area contributed by atoms with Crippen molar-refractivity contribution in [3.8, 4) is 5.69 Å². The average molecular weight is 330 g/mol. The van der Waals surface area contributed by atoms with E-state index < -0.39 is 22.2 Å². The minimum Gasteiger partial charge on any atom is -0.481 e. The van der Waals surface area contributed by atoms with Gasteiger partial charge in [0, 0.05) is 24.9 Å². The summed E-state index contributed by atoms with van der Waals surface area (Å²) in [4.78, 5) is 33.3. The van der Waals surface area contributed by atoms with Gasteiger partial charge in [0.2, 0.25) is 0 Å². The summed E-state index contributed by atoms with van der Waals surface area (Å²) in [5, 5.41) is 26.4. The molecule has 0 radical (unpaired) electrons. The van der Waals surface area contributed by atoms with Crippen molar-refractivity contribution < 1.29 is 19.6 Å². The van der Waals surface area contributed by atoms with Gasteiger partial charge in [-0.2, -0.15) is 5.10 Å². The number of hydrogen-bond donors (Lipinski definition) is 2. The average Bonchev–Trinajstić information content (AvgIpc) is 3.21. The second kappa shape index (κ2) is 5.76. The number of amides is 1. The smallest absolute Gasteiger partial charge is 0.311 e. The van der Waals surface area contributed by atoms with Crippen LogP contribution in [0.25, 0.3) is 5.69 Å². The quantitative estimate of drug-likeness (QED) is 0.608. The number of carbonyl (C=O) groups is 2. The summed E-state index contributed by atoms with van der Waals surface area (Å²) in [6.07, 6.45) is 3.96. The van der Waals surface area contributed by atoms with Gasteiger partial charge in [-0.05, 0) is 25.0 Å². The van der Waals surface area contributed by atoms with Gasteiger partial charge in [0.05, 0.1) is 27.8 Å². The highest BCUT2D eigenvalue weighted by atomic mass is 16.6. The number of carboxylic acid groups (broad SMARTS) is 1. The highest BCUT2D eigenvalue weighted by Crippen LogP contribution is 2.45. The van der Waals surface area contributed by atoms with Crippen molar-refractivity contribution >= 4 is 17.6 Å². The predicted molar refractivity (Wildman–Crippen MR) is 81.9 cm³/mol. The van der Waals surface area contributed by atoms with Crippen molar-refractivity contribution in [1.29, 1.82) is 0 Å². The third-order valence-electron chi connectivity index (χ3n) is 4.06. The lowest BCUT2D eigenvalue weighted by Crippen LogP contribution is -2.34. The molecular formula is C15H14N4O5. The van der Waals surface area contributed by atoms with Gasteiger partial charge in [0.1, 0.15) is 0 Å². The Balaban J connectivity index is 1.67. The molecule has 124 valence electrons. The number of nitro groups is 1. The van der Waals surface area contributed by atoms with Crippen molar-refractivity contribution in [3.63, 3.8) is 0 Å². The number of benzene rings is 1. The fraction of sp³-hybridized carbons (Fsp3) is 0.267. The number of aliphatic carboxylic acids is 1. The lowest BCUT2D eigenvalue weighted by molar-refractivity contribution is -0.384. The van der Waals surface area contributed by atoms with Gasteiger partial charge in [-0.3, -0.25) is 19.7 Å². The first-order chi connectivity index (χ1) is 11.4. The number of nitrogens with one attached hydrogen (secondary N) is 1. The maximum atomic E-state index is 12.1. The van der Waals surface area contributed by atoms with E-state index in [4.69, 9.17) is 5.11 Å². The largest absolute Gasteiger partial charge is 0.481 e. The van der Waals surface area contributed by atoms with E-state index in [0.29, 0.717) is 18.5 Å². The first kappa shape index (κ1) is 15.7. The van der Waals surface area contributed by atoms with Gasteiger partial charge in [-0.25, -0.2) is 4.68 Å². The van der Waals surface area contributed by atoms with Gasteiger partial charge in [0.15, 0.2) is 0 Å². The topological polar surface area (TPSA) is 127 Å². The van der Waals surface area contributed by atoms with Crippen molar-refractivity contribution in [2.24, 2.45) is 5.41 Å². The number of non-ortho nitro benzene ring substituents is 1. The standard InChI is InChI=1S/C15H14N4O5/c20-13(16-9-15(5-6-15)14(21)22)10-7-17-18(8-10)11-1-3-12(4-2-11)19(23)24/h1-4,7-8H,5-6,9H2,(H,16,20)(H,21,22). The minimum absolute atomic E-state index is 0.0349. The summed E-state index contributed by atoms with van der Waals surface area (Å²) < 4.78 is 1.42. The Hall–Kier alpha value is -3.23. The van der Waals surface area contributed by atoms with Crippen LogP contribution in [-0.2, 0) is 4.79 Å². The molecule has 0 unspecified atom stereocenters. The Morgan fingerprint density at radius 3 is 2.54 bits per heavy atom. The molecule has 1 aromatic heterocycles. The van der Waals surface area contributed by atoms with Gasteiger partial charge in [-0.1, -0.05) is 0 Å². The zero-order valence-electron chi connectivity index (χ0n) is 12.5. The van der Waals surface area contributed by atoms with Crippen molar-refractivity contribution in [2.45, 2.75) is 12.8 Å². The van der Waals surface area contributed by atoms with Crippen LogP contribution in [0.15, 0.2) is 36.7 Å². The molecule has 1 aliphatic carbocycles. The van der Waals surface area contributed by atoms with Crippen LogP contribution >= 0.6 is 0 Å². The summed E-state index contributed by atoms with van der Waals surface area (Å²) in [6.45, 7) is 0.0872. The lowest BCUT2D eigenvalue weighted by atomic mass is 10.1. The van der Waals surface area contributed by atoms with Crippen molar-refractivity contribution in [2.75, 3.05) is 6.54 Å². The number of hydrogen-bond acceptors (Lipinski definition) is 5. The Kier molecular flexibility index (Phi) is 3.76. The Labute approximate surface area is 136 Å². The van der Waals surface area contributed by atoms with Crippen LogP contribution in [0, 0.1) is 15.5 Å². The number of rotatable bonds is 6. The highest BCUT2D eigenvalue weighted by molar-refractivity contribution is 5.94. The van der Waals surface area contributed by atoms with E-state index in [-0.39, 0.29) is 17.8 Å².